The smallest absolute Gasteiger partial charge is 0.237 e. The minimum Gasteiger partial charge on any atom is -0.409 e. The highest BCUT2D eigenvalue weighted by Gasteiger charge is 2.28. The van der Waals surface area contributed by atoms with Gasteiger partial charge in [0.15, 0.2) is 5.84 Å². The molecule has 0 aromatic heterocycles. The van der Waals surface area contributed by atoms with Crippen molar-refractivity contribution < 1.29 is 15.1 Å². The lowest BCUT2D eigenvalue weighted by Crippen LogP contribution is -2.41. The standard InChI is InChI=1S/C13H19N3O3/c1-9(17)8-16(2)13(18)11(12(14)15-19)10-6-4-3-5-7-10/h3-7,9,11,17,19H,8H2,1-2H3,(H2,14,15). The summed E-state index contributed by atoms with van der Waals surface area (Å²) in [4.78, 5) is 13.7. The summed E-state index contributed by atoms with van der Waals surface area (Å²) in [5, 5.41) is 21.1. The predicted molar refractivity (Wildman–Crippen MR) is 71.9 cm³/mol. The fourth-order valence-corrected chi connectivity index (χ4v) is 1.85. The van der Waals surface area contributed by atoms with Crippen LogP contribution in [0.3, 0.4) is 0 Å². The second-order valence-electron chi connectivity index (χ2n) is 4.44. The van der Waals surface area contributed by atoms with E-state index in [1.807, 2.05) is 6.07 Å². The molecule has 0 spiro atoms. The second kappa shape index (κ2) is 6.75. The molecule has 4 N–H and O–H groups in total. The molecular formula is C13H19N3O3. The number of aliphatic hydroxyl groups excluding tert-OH is 1. The zero-order valence-corrected chi connectivity index (χ0v) is 11.0. The zero-order chi connectivity index (χ0) is 14.4. The highest BCUT2D eigenvalue weighted by atomic mass is 16.4. The van der Waals surface area contributed by atoms with Crippen LogP contribution in [0.5, 0.6) is 0 Å². The summed E-state index contributed by atoms with van der Waals surface area (Å²) in [5.41, 5.74) is 6.25. The van der Waals surface area contributed by atoms with Gasteiger partial charge in [0.2, 0.25) is 5.91 Å². The molecule has 1 rings (SSSR count). The van der Waals surface area contributed by atoms with Crippen molar-refractivity contribution in [3.05, 3.63) is 35.9 Å². The Morgan fingerprint density at radius 1 is 1.42 bits per heavy atom. The topological polar surface area (TPSA) is 99.2 Å². The van der Waals surface area contributed by atoms with Crippen molar-refractivity contribution in [3.63, 3.8) is 0 Å². The van der Waals surface area contributed by atoms with Crippen LogP contribution in [0.2, 0.25) is 0 Å². The number of carbonyl (C=O) groups excluding carboxylic acids is 1. The number of oxime groups is 1. The van der Waals surface area contributed by atoms with Gasteiger partial charge in [-0.15, -0.1) is 0 Å². The van der Waals surface area contributed by atoms with Crippen molar-refractivity contribution in [3.8, 4) is 0 Å². The highest BCUT2D eigenvalue weighted by Crippen LogP contribution is 2.18. The Morgan fingerprint density at radius 3 is 2.47 bits per heavy atom. The summed E-state index contributed by atoms with van der Waals surface area (Å²) in [6, 6.07) is 8.83. The Labute approximate surface area is 112 Å². The van der Waals surface area contributed by atoms with E-state index in [-0.39, 0.29) is 18.3 Å². The van der Waals surface area contributed by atoms with E-state index in [4.69, 9.17) is 10.9 Å². The molecule has 0 radical (unpaired) electrons. The van der Waals surface area contributed by atoms with Crippen LogP contribution in [0, 0.1) is 0 Å². The van der Waals surface area contributed by atoms with E-state index in [1.54, 1.807) is 38.2 Å². The normalized spacial score (nSPS) is 14.8. The maximum absolute atomic E-state index is 12.3. The number of nitrogens with two attached hydrogens (primary N) is 1. The number of hydrogen-bond acceptors (Lipinski definition) is 4. The summed E-state index contributed by atoms with van der Waals surface area (Å²) >= 11 is 0. The first-order valence-corrected chi connectivity index (χ1v) is 5.92. The van der Waals surface area contributed by atoms with Gasteiger partial charge in [-0.1, -0.05) is 35.5 Å². The molecule has 2 unspecified atom stereocenters. The molecule has 0 heterocycles. The van der Waals surface area contributed by atoms with E-state index < -0.39 is 12.0 Å². The van der Waals surface area contributed by atoms with Gasteiger partial charge >= 0.3 is 0 Å². The SMILES string of the molecule is CC(O)CN(C)C(=O)C(C(N)=NO)c1ccccc1. The van der Waals surface area contributed by atoms with Crippen LogP contribution in [0.15, 0.2) is 35.5 Å². The van der Waals surface area contributed by atoms with Crippen LogP contribution >= 0.6 is 0 Å². The molecule has 0 saturated heterocycles. The first-order valence-electron chi connectivity index (χ1n) is 5.92. The molecule has 0 saturated carbocycles. The third kappa shape index (κ3) is 3.96. The Balaban J connectivity index is 3.02. The monoisotopic (exact) mass is 265 g/mol. The van der Waals surface area contributed by atoms with Crippen molar-refractivity contribution in [2.45, 2.75) is 18.9 Å². The van der Waals surface area contributed by atoms with Crippen LogP contribution < -0.4 is 5.73 Å². The number of hydrogen-bond donors (Lipinski definition) is 3. The first kappa shape index (κ1) is 15.0. The third-order valence-electron chi connectivity index (χ3n) is 2.71. The summed E-state index contributed by atoms with van der Waals surface area (Å²) in [6.45, 7) is 1.77. The zero-order valence-electron chi connectivity index (χ0n) is 11.0. The minimum atomic E-state index is -0.852. The Hall–Kier alpha value is -2.08. The lowest BCUT2D eigenvalue weighted by atomic mass is 9.96. The van der Waals surface area contributed by atoms with Crippen molar-refractivity contribution in [1.82, 2.24) is 4.90 Å². The molecule has 0 bridgehead atoms. The highest BCUT2D eigenvalue weighted by molar-refractivity contribution is 6.07. The average molecular weight is 265 g/mol. The van der Waals surface area contributed by atoms with Crippen LogP contribution in [0.4, 0.5) is 0 Å². The van der Waals surface area contributed by atoms with E-state index >= 15 is 0 Å². The van der Waals surface area contributed by atoms with E-state index in [9.17, 15) is 9.90 Å². The Bertz CT molecular complexity index is 446. The van der Waals surface area contributed by atoms with Crippen LogP contribution in [-0.4, -0.2) is 46.7 Å². The molecule has 1 aromatic carbocycles. The van der Waals surface area contributed by atoms with Gasteiger partial charge in [0.05, 0.1) is 6.10 Å². The number of benzene rings is 1. The second-order valence-corrected chi connectivity index (χ2v) is 4.44. The number of nitrogens with zero attached hydrogens (tertiary/aromatic N) is 2. The molecule has 104 valence electrons. The van der Waals surface area contributed by atoms with Gasteiger partial charge < -0.3 is 20.9 Å². The maximum Gasteiger partial charge on any atom is 0.237 e. The van der Waals surface area contributed by atoms with Crippen molar-refractivity contribution in [1.29, 1.82) is 0 Å². The van der Waals surface area contributed by atoms with Gasteiger partial charge in [-0.3, -0.25) is 4.79 Å². The number of likely N-dealkylation sites (N-methyl/N-ethyl adjacent to an activating group) is 1. The number of aliphatic hydroxyl groups is 1. The number of rotatable bonds is 5. The lowest BCUT2D eigenvalue weighted by Gasteiger charge is -2.24. The van der Waals surface area contributed by atoms with Crippen molar-refractivity contribution >= 4 is 11.7 Å². The predicted octanol–water partition coefficient (Wildman–Crippen LogP) is 0.356. The molecule has 2 atom stereocenters. The summed E-state index contributed by atoms with van der Waals surface area (Å²) in [5.74, 6) is -1.36. The quantitative estimate of drug-likeness (QED) is 0.310. The fraction of sp³-hybridized carbons (Fsp3) is 0.385. The van der Waals surface area contributed by atoms with Gasteiger partial charge in [-0.25, -0.2) is 0 Å². The first-order chi connectivity index (χ1) is 8.97. The molecule has 0 aliphatic carbocycles. The summed E-state index contributed by atoms with van der Waals surface area (Å²) < 4.78 is 0. The number of amides is 1. The molecule has 1 aromatic rings. The maximum atomic E-state index is 12.3. The van der Waals surface area contributed by atoms with Crippen LogP contribution in [-0.2, 0) is 4.79 Å². The number of amidine groups is 1. The van der Waals surface area contributed by atoms with E-state index in [2.05, 4.69) is 5.16 Å². The average Bonchev–Trinajstić information content (AvgIpc) is 2.39. The van der Waals surface area contributed by atoms with Crippen molar-refractivity contribution in [2.24, 2.45) is 10.9 Å². The van der Waals surface area contributed by atoms with Crippen LogP contribution in [0.1, 0.15) is 18.4 Å². The van der Waals surface area contributed by atoms with E-state index in [0.717, 1.165) is 0 Å². The molecule has 1 amide bonds. The summed E-state index contributed by atoms with van der Waals surface area (Å²) in [7, 11) is 1.57. The number of carbonyl (C=O) groups is 1. The lowest BCUT2D eigenvalue weighted by molar-refractivity contribution is -0.131. The molecule has 6 nitrogen and oxygen atoms in total. The molecule has 0 aliphatic rings. The molecule has 0 aliphatic heterocycles. The van der Waals surface area contributed by atoms with Gasteiger partial charge in [-0.05, 0) is 12.5 Å². The van der Waals surface area contributed by atoms with E-state index in [0.29, 0.717) is 5.56 Å². The molecule has 6 heteroatoms. The minimum absolute atomic E-state index is 0.173. The van der Waals surface area contributed by atoms with E-state index in [1.165, 1.54) is 4.90 Å². The molecule has 0 fully saturated rings. The fourth-order valence-electron chi connectivity index (χ4n) is 1.85. The Kier molecular flexibility index (Phi) is 5.32. The third-order valence-corrected chi connectivity index (χ3v) is 2.71. The summed E-state index contributed by atoms with van der Waals surface area (Å²) in [6.07, 6.45) is -0.641. The molecule has 19 heavy (non-hydrogen) atoms. The molecular weight excluding hydrogens is 246 g/mol. The van der Waals surface area contributed by atoms with Gasteiger partial charge in [0.1, 0.15) is 5.92 Å². The van der Waals surface area contributed by atoms with Crippen molar-refractivity contribution in [2.75, 3.05) is 13.6 Å². The van der Waals surface area contributed by atoms with Crippen LogP contribution in [0.25, 0.3) is 0 Å². The van der Waals surface area contributed by atoms with Gasteiger partial charge in [0.25, 0.3) is 0 Å². The Morgan fingerprint density at radius 2 is 2.00 bits per heavy atom. The largest absolute Gasteiger partial charge is 0.409 e. The van der Waals surface area contributed by atoms with Gasteiger partial charge in [0, 0.05) is 13.6 Å². The van der Waals surface area contributed by atoms with Gasteiger partial charge in [-0.2, -0.15) is 0 Å².